The van der Waals surface area contributed by atoms with Crippen molar-refractivity contribution in [3.8, 4) is 0 Å². The lowest BCUT2D eigenvalue weighted by atomic mass is 10.1. The van der Waals surface area contributed by atoms with E-state index < -0.39 is 23.5 Å². The molecule has 0 aliphatic carbocycles. The molecule has 158 valence electrons. The first-order valence-corrected chi connectivity index (χ1v) is 9.95. The lowest BCUT2D eigenvalue weighted by molar-refractivity contribution is -0.714. The van der Waals surface area contributed by atoms with E-state index in [1.54, 1.807) is 4.09 Å². The summed E-state index contributed by atoms with van der Waals surface area (Å²) in [5.74, 6) is 0.901. The number of benzene rings is 1. The van der Waals surface area contributed by atoms with Gasteiger partial charge in [0.1, 0.15) is 0 Å². The van der Waals surface area contributed by atoms with E-state index in [1.807, 2.05) is 17.2 Å². The van der Waals surface area contributed by atoms with Crippen LogP contribution >= 0.6 is 24.2 Å². The van der Waals surface area contributed by atoms with Crippen LogP contribution in [0.2, 0.25) is 0 Å². The van der Waals surface area contributed by atoms with Gasteiger partial charge in [-0.3, -0.25) is 0 Å². The minimum absolute atomic E-state index is 0.0258. The van der Waals surface area contributed by atoms with Crippen LogP contribution in [0.15, 0.2) is 24.5 Å². The Morgan fingerprint density at radius 1 is 1.21 bits per heavy atom. The third-order valence-electron chi connectivity index (χ3n) is 4.36. The Morgan fingerprint density at radius 2 is 1.83 bits per heavy atom. The Kier molecular flexibility index (Phi) is 5.99. The molecule has 13 heteroatoms. The van der Waals surface area contributed by atoms with Crippen LogP contribution in [0.4, 0.5) is 32.0 Å². The summed E-state index contributed by atoms with van der Waals surface area (Å²) in [6, 6.07) is 1.28. The average Bonchev–Trinajstić information content (AvgIpc) is 3.18. The van der Waals surface area contributed by atoms with Crippen LogP contribution in [-0.2, 0) is 18.8 Å². The first-order valence-electron chi connectivity index (χ1n) is 8.36. The number of alkyl halides is 6. The van der Waals surface area contributed by atoms with Crippen LogP contribution < -0.4 is 15.2 Å². The molecule has 0 fully saturated rings. The van der Waals surface area contributed by atoms with Gasteiger partial charge in [0, 0.05) is 18.4 Å². The standard InChI is InChI=1S/C16H15F6N5S2/c1-29-27-8-26-12(2-3-13(26)25-27)7-23-14(28)24-11-5-9(15(17,18)19)4-10(6-11)16(20,21)22/h4-6,8,12H,2-3,7H2,1H3,(H-,23,24,28)/p+1. The SMILES string of the molecule is CSn1c[n+]2c(n1)CCC2CNC(=S)Nc1cc(C(F)(F)F)cc(C(F)(F)F)c1. The predicted octanol–water partition coefficient (Wildman–Crippen LogP) is 3.81. The first kappa shape index (κ1) is 21.7. The minimum Gasteiger partial charge on any atom is -0.359 e. The van der Waals surface area contributed by atoms with Crippen LogP contribution in [0.5, 0.6) is 0 Å². The van der Waals surface area contributed by atoms with Gasteiger partial charge in [-0.15, -0.1) is 0 Å². The lowest BCUT2D eigenvalue weighted by Gasteiger charge is -2.17. The van der Waals surface area contributed by atoms with E-state index in [0.717, 1.165) is 18.7 Å². The molecule has 1 aliphatic heterocycles. The van der Waals surface area contributed by atoms with Gasteiger partial charge in [-0.2, -0.15) is 26.3 Å². The van der Waals surface area contributed by atoms with E-state index in [-0.39, 0.29) is 22.9 Å². The molecule has 0 saturated heterocycles. The zero-order valence-corrected chi connectivity index (χ0v) is 16.6. The molecule has 0 amide bonds. The number of nitrogens with one attached hydrogen (secondary N) is 2. The first-order chi connectivity index (χ1) is 13.5. The Bertz CT molecular complexity index is 876. The van der Waals surface area contributed by atoms with E-state index in [1.165, 1.54) is 11.9 Å². The summed E-state index contributed by atoms with van der Waals surface area (Å²) >= 11 is 6.48. The molecule has 2 aromatic rings. The molecule has 0 radical (unpaired) electrons. The smallest absolute Gasteiger partial charge is 0.359 e. The van der Waals surface area contributed by atoms with Crippen molar-refractivity contribution < 1.29 is 30.9 Å². The molecule has 29 heavy (non-hydrogen) atoms. The molecule has 5 nitrogen and oxygen atoms in total. The number of hydrogen-bond acceptors (Lipinski definition) is 3. The van der Waals surface area contributed by atoms with Gasteiger partial charge in [-0.05, 0) is 36.8 Å². The molecule has 0 spiro atoms. The molecule has 3 rings (SSSR count). The van der Waals surface area contributed by atoms with Crippen molar-refractivity contribution in [3.63, 3.8) is 0 Å². The zero-order chi connectivity index (χ0) is 21.4. The fraction of sp³-hybridized carbons (Fsp3) is 0.438. The molecular weight excluding hydrogens is 440 g/mol. The number of nitrogens with zero attached hydrogens (tertiary/aromatic N) is 3. The molecule has 2 N–H and O–H groups in total. The number of halogens is 6. The van der Waals surface area contributed by atoms with Gasteiger partial charge in [-0.1, -0.05) is 4.09 Å². The quantitative estimate of drug-likeness (QED) is 0.416. The van der Waals surface area contributed by atoms with E-state index in [4.69, 9.17) is 12.2 Å². The maximum atomic E-state index is 12.9. The highest BCUT2D eigenvalue weighted by Crippen LogP contribution is 2.37. The number of aromatic nitrogens is 3. The molecular formula is C16H16F6N5S2+. The van der Waals surface area contributed by atoms with Crippen molar-refractivity contribution in [2.24, 2.45) is 0 Å². The maximum Gasteiger partial charge on any atom is 0.416 e. The van der Waals surface area contributed by atoms with Crippen LogP contribution in [0.1, 0.15) is 29.4 Å². The van der Waals surface area contributed by atoms with Crippen molar-refractivity contribution in [1.82, 2.24) is 14.5 Å². The topological polar surface area (TPSA) is 45.8 Å². The Labute approximate surface area is 171 Å². The minimum atomic E-state index is -4.92. The van der Waals surface area contributed by atoms with Gasteiger partial charge in [-0.25, -0.2) is 4.57 Å². The van der Waals surface area contributed by atoms with Crippen LogP contribution in [0, 0.1) is 0 Å². The van der Waals surface area contributed by atoms with Crippen molar-refractivity contribution in [2.75, 3.05) is 18.1 Å². The molecule has 1 unspecified atom stereocenters. The van der Waals surface area contributed by atoms with Crippen LogP contribution in [-0.4, -0.2) is 27.1 Å². The van der Waals surface area contributed by atoms with Crippen molar-refractivity contribution in [2.45, 2.75) is 31.2 Å². The number of anilines is 1. The van der Waals surface area contributed by atoms with Gasteiger partial charge in [0.25, 0.3) is 5.82 Å². The second-order valence-electron chi connectivity index (χ2n) is 6.35. The van der Waals surface area contributed by atoms with E-state index in [0.29, 0.717) is 18.7 Å². The second kappa shape index (κ2) is 8.01. The maximum absolute atomic E-state index is 12.9. The highest BCUT2D eigenvalue weighted by Gasteiger charge is 2.37. The van der Waals surface area contributed by atoms with Gasteiger partial charge in [0.2, 0.25) is 6.33 Å². The second-order valence-corrected chi connectivity index (χ2v) is 7.49. The summed E-state index contributed by atoms with van der Waals surface area (Å²) in [4.78, 5) is 0. The zero-order valence-electron chi connectivity index (χ0n) is 14.9. The summed E-state index contributed by atoms with van der Waals surface area (Å²) in [5.41, 5.74) is -3.20. The Balaban J connectivity index is 1.69. The summed E-state index contributed by atoms with van der Waals surface area (Å²) in [6.07, 6.45) is -4.56. The van der Waals surface area contributed by atoms with Gasteiger partial charge >= 0.3 is 12.4 Å². The number of hydrogen-bond donors (Lipinski definition) is 2. The van der Waals surface area contributed by atoms with Crippen LogP contribution in [0.3, 0.4) is 0 Å². The summed E-state index contributed by atoms with van der Waals surface area (Å²) in [6.45, 7) is 0.356. The molecule has 1 atom stereocenters. The molecule has 0 bridgehead atoms. The summed E-state index contributed by atoms with van der Waals surface area (Å²) in [7, 11) is 0. The molecule has 0 saturated carbocycles. The summed E-state index contributed by atoms with van der Waals surface area (Å²) < 4.78 is 81.3. The largest absolute Gasteiger partial charge is 0.416 e. The van der Waals surface area contributed by atoms with E-state index in [9.17, 15) is 26.3 Å². The highest BCUT2D eigenvalue weighted by molar-refractivity contribution is 7.97. The average molecular weight is 456 g/mol. The van der Waals surface area contributed by atoms with Crippen molar-refractivity contribution in [1.29, 1.82) is 0 Å². The summed E-state index contributed by atoms with van der Waals surface area (Å²) in [5, 5.41) is 9.58. The van der Waals surface area contributed by atoms with E-state index in [2.05, 4.69) is 15.7 Å². The Hall–Kier alpha value is -2.02. The van der Waals surface area contributed by atoms with Crippen molar-refractivity contribution in [3.05, 3.63) is 41.5 Å². The monoisotopic (exact) mass is 456 g/mol. The number of fused-ring (bicyclic) bond motifs is 1. The Morgan fingerprint density at radius 3 is 2.38 bits per heavy atom. The predicted molar refractivity (Wildman–Crippen MR) is 99.4 cm³/mol. The normalized spacial score (nSPS) is 16.6. The number of thiocarbonyl (C=S) groups is 1. The van der Waals surface area contributed by atoms with Gasteiger partial charge in [0.15, 0.2) is 5.11 Å². The fourth-order valence-corrected chi connectivity index (χ4v) is 3.56. The molecule has 1 aromatic carbocycles. The molecule has 1 aliphatic rings. The highest BCUT2D eigenvalue weighted by atomic mass is 32.2. The van der Waals surface area contributed by atoms with Gasteiger partial charge < -0.3 is 10.6 Å². The molecule has 1 aromatic heterocycles. The van der Waals surface area contributed by atoms with Crippen molar-refractivity contribution >= 4 is 35.0 Å². The van der Waals surface area contributed by atoms with Gasteiger partial charge in [0.05, 0.1) is 40.8 Å². The number of rotatable bonds is 4. The number of aryl methyl sites for hydroxylation is 1. The fourth-order valence-electron chi connectivity index (χ4n) is 2.98. The third kappa shape index (κ3) is 5.13. The lowest BCUT2D eigenvalue weighted by Crippen LogP contribution is -2.44. The van der Waals surface area contributed by atoms with E-state index >= 15 is 0 Å². The molecule has 2 heterocycles. The third-order valence-corrected chi connectivity index (χ3v) is 5.16. The van der Waals surface area contributed by atoms with Crippen LogP contribution in [0.25, 0.3) is 0 Å².